The number of ether oxygens (including phenoxy) is 1. The molecule has 33 heavy (non-hydrogen) atoms. The van der Waals surface area contributed by atoms with Crippen LogP contribution in [-0.4, -0.2) is 24.3 Å². The van der Waals surface area contributed by atoms with Crippen LogP contribution in [-0.2, 0) is 13.6 Å². The monoisotopic (exact) mass is 445 g/mol. The van der Waals surface area contributed by atoms with Crippen molar-refractivity contribution in [2.75, 3.05) is 0 Å². The Bertz CT molecular complexity index is 1520. The van der Waals surface area contributed by atoms with E-state index in [-0.39, 0.29) is 12.1 Å². The fourth-order valence-corrected chi connectivity index (χ4v) is 3.54. The number of hydrogen-bond acceptors (Lipinski definition) is 5. The summed E-state index contributed by atoms with van der Waals surface area (Å²) in [6, 6.07) is 11.6. The lowest BCUT2D eigenvalue weighted by molar-refractivity contribution is 0.483. The Morgan fingerprint density at radius 3 is 2.52 bits per heavy atom. The first-order valence-corrected chi connectivity index (χ1v) is 10.0. The fourth-order valence-electron chi connectivity index (χ4n) is 3.54. The predicted molar refractivity (Wildman–Crippen MR) is 118 cm³/mol. The Labute approximate surface area is 186 Å². The molecule has 0 amide bonds. The van der Waals surface area contributed by atoms with Crippen LogP contribution in [0.25, 0.3) is 22.2 Å². The number of fused-ring (bicyclic) bond motifs is 1. The molecular weight excluding hydrogens is 428 g/mol. The molecule has 9 heteroatoms. The second-order valence-electron chi connectivity index (χ2n) is 7.52. The third-order valence-electron chi connectivity index (χ3n) is 5.04. The number of aromatic nitrogens is 5. The van der Waals surface area contributed by atoms with Crippen molar-refractivity contribution in [3.8, 4) is 22.8 Å². The smallest absolute Gasteiger partial charge is 0.261 e. The minimum Gasteiger partial charge on any atom is -0.457 e. The molecule has 0 aliphatic rings. The van der Waals surface area contributed by atoms with Gasteiger partial charge in [-0.2, -0.15) is 5.10 Å². The number of aryl methyl sites for hydroxylation is 1. The van der Waals surface area contributed by atoms with E-state index < -0.39 is 11.6 Å². The lowest BCUT2D eigenvalue weighted by Gasteiger charge is -2.10. The van der Waals surface area contributed by atoms with E-state index in [9.17, 15) is 13.6 Å². The van der Waals surface area contributed by atoms with Gasteiger partial charge in [0, 0.05) is 37.1 Å². The molecule has 0 unspecified atom stereocenters. The molecule has 5 rings (SSSR count). The molecule has 0 saturated heterocycles. The van der Waals surface area contributed by atoms with Crippen molar-refractivity contribution in [2.45, 2.75) is 6.54 Å². The van der Waals surface area contributed by atoms with Crippen molar-refractivity contribution in [3.63, 3.8) is 0 Å². The second-order valence-corrected chi connectivity index (χ2v) is 7.52. The summed E-state index contributed by atoms with van der Waals surface area (Å²) in [5.41, 5.74) is 2.01. The van der Waals surface area contributed by atoms with Crippen LogP contribution >= 0.6 is 0 Å². The van der Waals surface area contributed by atoms with Crippen LogP contribution in [0, 0.1) is 11.6 Å². The maximum atomic E-state index is 13.5. The average Bonchev–Trinajstić information content (AvgIpc) is 3.22. The number of pyridine rings is 1. The third kappa shape index (κ3) is 4.33. The van der Waals surface area contributed by atoms with Crippen LogP contribution in [0.4, 0.5) is 8.78 Å². The zero-order valence-electron chi connectivity index (χ0n) is 17.4. The van der Waals surface area contributed by atoms with E-state index in [1.165, 1.54) is 23.0 Å². The standard InChI is InChI=1S/C24H17F2N5O2/c1-30-13-16(11-29-30)23-10-20(4-5-27-23)33-19-2-3-22-21(9-19)24(32)31(14-28-22)12-15-6-17(25)8-18(26)7-15/h2-11,13-14H,12H2,1H3. The number of nitrogens with zero attached hydrogens (tertiary/aromatic N) is 5. The van der Waals surface area contributed by atoms with Gasteiger partial charge in [0.05, 0.1) is 35.7 Å². The van der Waals surface area contributed by atoms with Crippen LogP contribution in [0.5, 0.6) is 11.5 Å². The van der Waals surface area contributed by atoms with E-state index in [0.717, 1.165) is 11.6 Å². The first kappa shape index (κ1) is 20.5. The van der Waals surface area contributed by atoms with Gasteiger partial charge in [-0.25, -0.2) is 13.8 Å². The summed E-state index contributed by atoms with van der Waals surface area (Å²) in [4.78, 5) is 21.6. The molecule has 0 atom stereocenters. The summed E-state index contributed by atoms with van der Waals surface area (Å²) in [5, 5.41) is 4.48. The SMILES string of the molecule is Cn1cc(-c2cc(Oc3ccc4ncn(Cc5cc(F)cc(F)c5)c(=O)c4c3)ccn2)cn1. The van der Waals surface area contributed by atoms with Gasteiger partial charge in [-0.1, -0.05) is 0 Å². The van der Waals surface area contributed by atoms with Crippen molar-refractivity contribution in [3.05, 3.63) is 101 Å². The highest BCUT2D eigenvalue weighted by molar-refractivity contribution is 5.79. The maximum Gasteiger partial charge on any atom is 0.261 e. The van der Waals surface area contributed by atoms with E-state index >= 15 is 0 Å². The molecule has 0 bridgehead atoms. The van der Waals surface area contributed by atoms with Gasteiger partial charge in [0.25, 0.3) is 5.56 Å². The molecule has 0 saturated carbocycles. The Morgan fingerprint density at radius 2 is 1.76 bits per heavy atom. The normalized spacial score (nSPS) is 11.1. The van der Waals surface area contributed by atoms with Crippen LogP contribution in [0.1, 0.15) is 5.56 Å². The molecule has 0 fully saturated rings. The molecule has 3 aromatic heterocycles. The summed E-state index contributed by atoms with van der Waals surface area (Å²) in [6.07, 6.45) is 6.55. The van der Waals surface area contributed by atoms with Gasteiger partial charge >= 0.3 is 0 Å². The quantitative estimate of drug-likeness (QED) is 0.403. The lowest BCUT2D eigenvalue weighted by atomic mass is 10.2. The van der Waals surface area contributed by atoms with Crippen molar-refractivity contribution in [2.24, 2.45) is 7.05 Å². The minimum atomic E-state index is -0.703. The second kappa shape index (κ2) is 8.27. The van der Waals surface area contributed by atoms with E-state index in [1.807, 2.05) is 13.2 Å². The van der Waals surface area contributed by atoms with E-state index in [0.29, 0.717) is 33.7 Å². The fraction of sp³-hybridized carbons (Fsp3) is 0.0833. The molecule has 0 spiro atoms. The Morgan fingerprint density at radius 1 is 0.970 bits per heavy atom. The number of halogens is 2. The number of hydrogen-bond donors (Lipinski definition) is 0. The predicted octanol–water partition coefficient (Wildman–Crippen LogP) is 4.31. The highest BCUT2D eigenvalue weighted by atomic mass is 19.1. The minimum absolute atomic E-state index is 0.0135. The summed E-state index contributed by atoms with van der Waals surface area (Å²) in [7, 11) is 1.82. The molecule has 2 aromatic carbocycles. The van der Waals surface area contributed by atoms with Crippen molar-refractivity contribution >= 4 is 10.9 Å². The lowest BCUT2D eigenvalue weighted by Crippen LogP contribution is -2.21. The zero-order chi connectivity index (χ0) is 22.9. The summed E-state index contributed by atoms with van der Waals surface area (Å²) in [5.74, 6) is -0.419. The molecule has 0 radical (unpaired) electrons. The van der Waals surface area contributed by atoms with Gasteiger partial charge in [-0.3, -0.25) is 19.0 Å². The average molecular weight is 445 g/mol. The zero-order valence-corrected chi connectivity index (χ0v) is 17.4. The third-order valence-corrected chi connectivity index (χ3v) is 5.04. The first-order valence-electron chi connectivity index (χ1n) is 10.0. The molecule has 7 nitrogen and oxygen atoms in total. The molecular formula is C24H17F2N5O2. The van der Waals surface area contributed by atoms with Crippen molar-refractivity contribution in [1.82, 2.24) is 24.3 Å². The highest BCUT2D eigenvalue weighted by Gasteiger charge is 2.10. The molecule has 164 valence electrons. The molecule has 5 aromatic rings. The van der Waals surface area contributed by atoms with Gasteiger partial charge in [0.15, 0.2) is 0 Å². The molecule has 0 aliphatic carbocycles. The van der Waals surface area contributed by atoms with Crippen LogP contribution in [0.3, 0.4) is 0 Å². The molecule has 0 N–H and O–H groups in total. The van der Waals surface area contributed by atoms with E-state index in [1.54, 1.807) is 47.4 Å². The van der Waals surface area contributed by atoms with Crippen molar-refractivity contribution < 1.29 is 13.5 Å². The van der Waals surface area contributed by atoms with Crippen LogP contribution < -0.4 is 10.3 Å². The molecule has 0 aliphatic heterocycles. The van der Waals surface area contributed by atoms with Gasteiger partial charge in [0.1, 0.15) is 23.1 Å². The van der Waals surface area contributed by atoms with Crippen LogP contribution in [0.2, 0.25) is 0 Å². The van der Waals surface area contributed by atoms with Crippen LogP contribution in [0.15, 0.2) is 78.2 Å². The summed E-state index contributed by atoms with van der Waals surface area (Å²) in [6.45, 7) is -0.0135. The Balaban J connectivity index is 1.45. The maximum absolute atomic E-state index is 13.5. The van der Waals surface area contributed by atoms with Gasteiger partial charge in [-0.05, 0) is 42.0 Å². The highest BCUT2D eigenvalue weighted by Crippen LogP contribution is 2.26. The number of benzene rings is 2. The van der Waals surface area contributed by atoms with Gasteiger partial charge in [-0.15, -0.1) is 0 Å². The largest absolute Gasteiger partial charge is 0.457 e. The van der Waals surface area contributed by atoms with E-state index in [4.69, 9.17) is 4.74 Å². The summed E-state index contributed by atoms with van der Waals surface area (Å²) < 4.78 is 36.0. The van der Waals surface area contributed by atoms with Gasteiger partial charge in [0.2, 0.25) is 0 Å². The topological polar surface area (TPSA) is 74.8 Å². The van der Waals surface area contributed by atoms with E-state index in [2.05, 4.69) is 15.1 Å². The molecule has 3 heterocycles. The Kier molecular flexibility index (Phi) is 5.14. The number of rotatable bonds is 5. The Hall–Kier alpha value is -4.40. The van der Waals surface area contributed by atoms with Gasteiger partial charge < -0.3 is 4.74 Å². The van der Waals surface area contributed by atoms with Crippen molar-refractivity contribution in [1.29, 1.82) is 0 Å². The first-order chi connectivity index (χ1) is 15.9. The summed E-state index contributed by atoms with van der Waals surface area (Å²) >= 11 is 0.